The van der Waals surface area contributed by atoms with Gasteiger partial charge in [-0.1, -0.05) is 0 Å². The first kappa shape index (κ1) is 35.7. The van der Waals surface area contributed by atoms with E-state index in [1.807, 2.05) is 0 Å². The molecule has 0 aliphatic carbocycles. The van der Waals surface area contributed by atoms with Crippen LogP contribution in [0.1, 0.15) is 12.5 Å². The van der Waals surface area contributed by atoms with E-state index >= 15 is 0 Å². The molecule has 0 amide bonds. The minimum absolute atomic E-state index is 0.00232. The maximum Gasteiger partial charge on any atom is 0.492 e. The quantitative estimate of drug-likeness (QED) is 0.0671. The molecule has 6 heterocycles. The minimum Gasteiger partial charge on any atom is -0.387 e. The van der Waals surface area contributed by atoms with Gasteiger partial charge in [-0.3, -0.25) is 18.2 Å². The topological polar surface area (TPSA) is 387 Å². The predicted octanol–water partition coefficient (Wildman–Crippen LogP) is -2.56. The van der Waals surface area contributed by atoms with Crippen molar-refractivity contribution in [1.29, 1.82) is 0 Å². The van der Waals surface area contributed by atoms with Crippen molar-refractivity contribution in [3.63, 3.8) is 0 Å². The second-order valence-corrected chi connectivity index (χ2v) is 15.1. The fourth-order valence-corrected chi connectivity index (χ4v) is 8.65. The van der Waals surface area contributed by atoms with Gasteiger partial charge in [-0.15, -0.1) is 0 Å². The third kappa shape index (κ3) is 7.22. The molecule has 49 heavy (non-hydrogen) atoms. The van der Waals surface area contributed by atoms with Gasteiger partial charge in [-0.05, 0) is 0 Å². The van der Waals surface area contributed by atoms with Crippen LogP contribution in [0.4, 0.5) is 11.6 Å². The molecule has 4 aromatic rings. The zero-order chi connectivity index (χ0) is 35.5. The van der Waals surface area contributed by atoms with Crippen LogP contribution in [-0.2, 0) is 40.8 Å². The van der Waals surface area contributed by atoms with Crippen LogP contribution < -0.4 is 11.5 Å². The molecule has 2 saturated heterocycles. The lowest BCUT2D eigenvalue weighted by Gasteiger charge is -2.23. The summed E-state index contributed by atoms with van der Waals surface area (Å²) < 4.78 is 69.1. The molecule has 0 aromatic carbocycles. The van der Waals surface area contributed by atoms with Crippen molar-refractivity contribution in [1.82, 2.24) is 39.0 Å². The molecule has 26 nitrogen and oxygen atoms in total. The van der Waals surface area contributed by atoms with E-state index in [1.165, 1.54) is 15.5 Å². The Hall–Kier alpha value is -3.13. The Morgan fingerprint density at radius 1 is 0.673 bits per heavy atom. The third-order valence-electron chi connectivity index (χ3n) is 7.21. The third-order valence-corrected chi connectivity index (χ3v) is 11.4. The number of hydrogen-bond donors (Lipinski definition) is 9. The highest BCUT2D eigenvalue weighted by Crippen LogP contribution is 2.69. The Balaban J connectivity index is 1.12. The van der Waals surface area contributed by atoms with Crippen molar-refractivity contribution in [2.75, 3.05) is 24.7 Å². The zero-order valence-electron chi connectivity index (χ0n) is 24.2. The highest BCUT2D eigenvalue weighted by atomic mass is 31.3. The summed E-state index contributed by atoms with van der Waals surface area (Å²) in [5.74, 6) is 0.00852. The number of aromatic nitrogens is 8. The molecule has 10 atom stereocenters. The summed E-state index contributed by atoms with van der Waals surface area (Å²) in [5, 5.41) is 42.2. The van der Waals surface area contributed by atoms with Gasteiger partial charge in [0.2, 0.25) is 0 Å². The highest BCUT2D eigenvalue weighted by Gasteiger charge is 2.50. The Morgan fingerprint density at radius 2 is 1.12 bits per heavy atom. The molecule has 2 aliphatic heterocycles. The van der Waals surface area contributed by atoms with Crippen LogP contribution in [0.5, 0.6) is 0 Å². The lowest BCUT2D eigenvalue weighted by molar-refractivity contribution is -0.0530. The van der Waals surface area contributed by atoms with Gasteiger partial charge >= 0.3 is 23.5 Å². The van der Waals surface area contributed by atoms with Crippen LogP contribution in [0, 0.1) is 0 Å². The fourth-order valence-electron chi connectivity index (χ4n) is 4.98. The number of imidazole rings is 2. The van der Waals surface area contributed by atoms with Crippen molar-refractivity contribution in [3.05, 3.63) is 25.3 Å². The number of nitrogens with zero attached hydrogens (tertiary/aromatic N) is 8. The van der Waals surface area contributed by atoms with Crippen LogP contribution in [0.25, 0.3) is 22.3 Å². The van der Waals surface area contributed by atoms with Crippen LogP contribution in [0.15, 0.2) is 25.3 Å². The van der Waals surface area contributed by atoms with E-state index in [-0.39, 0.29) is 34.0 Å². The van der Waals surface area contributed by atoms with Gasteiger partial charge < -0.3 is 56.0 Å². The van der Waals surface area contributed by atoms with E-state index in [2.05, 4.69) is 38.5 Å². The smallest absolute Gasteiger partial charge is 0.387 e. The summed E-state index contributed by atoms with van der Waals surface area (Å²) in [6.07, 6.45) is -8.32. The SMILES string of the molecule is Nc1ncnc2c1ncn2[C@@H]1O[C@H](COP(=O)(OP(=O)(O)O)OP(=O)(O)OC[C@@H]2O[C@H](n3cnc4c(N)ncnc43)[C@@H](O)[C@H]2O)[C@@H](O)[C@H]1O. The van der Waals surface area contributed by atoms with Gasteiger partial charge in [0, 0.05) is 0 Å². The summed E-state index contributed by atoms with van der Waals surface area (Å²) >= 11 is 0. The zero-order valence-corrected chi connectivity index (χ0v) is 26.9. The molecule has 0 bridgehead atoms. The molecule has 2 aliphatic rings. The van der Waals surface area contributed by atoms with Crippen molar-refractivity contribution in [2.24, 2.45) is 0 Å². The summed E-state index contributed by atoms with van der Waals surface area (Å²) in [4.78, 5) is 52.5. The van der Waals surface area contributed by atoms with Crippen LogP contribution in [-0.4, -0.2) is 124 Å². The summed E-state index contributed by atoms with van der Waals surface area (Å²) in [5.41, 5.74) is 12.0. The van der Waals surface area contributed by atoms with Crippen molar-refractivity contribution >= 4 is 57.4 Å². The number of fused-ring (bicyclic) bond motifs is 2. The molecule has 2 unspecified atom stereocenters. The number of phosphoric acid groups is 3. The highest BCUT2D eigenvalue weighted by molar-refractivity contribution is 7.67. The Morgan fingerprint density at radius 3 is 1.57 bits per heavy atom. The molecule has 0 saturated carbocycles. The molecule has 2 fully saturated rings. The van der Waals surface area contributed by atoms with Gasteiger partial charge in [-0.2, -0.15) is 8.62 Å². The van der Waals surface area contributed by atoms with Gasteiger partial charge in [0.05, 0.1) is 25.9 Å². The number of hydrogen-bond acceptors (Lipinski definition) is 21. The molecular formula is C20H27N10O16P3. The molecule has 4 aromatic heterocycles. The maximum absolute atomic E-state index is 13.2. The molecule has 268 valence electrons. The van der Waals surface area contributed by atoms with E-state index < -0.39 is 85.8 Å². The maximum atomic E-state index is 13.2. The van der Waals surface area contributed by atoms with Crippen molar-refractivity contribution in [2.45, 2.75) is 49.1 Å². The average molecular weight is 756 g/mol. The molecule has 0 spiro atoms. The van der Waals surface area contributed by atoms with Gasteiger partial charge in [0.15, 0.2) is 35.4 Å². The Bertz CT molecular complexity index is 1990. The standard InChI is InChI=1S/C20H27N10O16P3/c21-15-9-17(25-3-23-15)29(5-27-9)19-13(33)11(31)7(43-19)1-41-48(38,39)46-49(40,45-47(35,36)37)42-2-8-12(32)14(34)20(44-8)30-6-28-10-16(22)24-4-26-18(10)30/h3-8,11-14,19-20,31-34H,1-2H2,(H,38,39)(H2,21,23,25)(H2,22,24,26)(H2,35,36,37)/t7-,8+,11-,12+,13-,14+,19-,20+,49?/m0/s1. The monoisotopic (exact) mass is 756 g/mol. The first-order valence-corrected chi connectivity index (χ1v) is 18.0. The Kier molecular flexibility index (Phi) is 9.62. The van der Waals surface area contributed by atoms with Gasteiger partial charge in [0.25, 0.3) is 0 Å². The van der Waals surface area contributed by atoms with Gasteiger partial charge in [0.1, 0.15) is 60.3 Å². The lowest BCUT2D eigenvalue weighted by Crippen LogP contribution is -2.34. The largest absolute Gasteiger partial charge is 0.492 e. The number of anilines is 2. The van der Waals surface area contributed by atoms with Crippen LogP contribution in [0.2, 0.25) is 0 Å². The number of phosphoric ester groups is 1. The summed E-state index contributed by atoms with van der Waals surface area (Å²) in [6.45, 7) is -2.14. The normalized spacial score (nSPS) is 30.2. The molecule has 11 N–H and O–H groups in total. The van der Waals surface area contributed by atoms with Crippen molar-refractivity contribution < 1.29 is 75.9 Å². The molecular weight excluding hydrogens is 729 g/mol. The Labute approximate surface area is 271 Å². The molecule has 29 heteroatoms. The molecule has 0 radical (unpaired) electrons. The number of aliphatic hydroxyl groups is 4. The second kappa shape index (κ2) is 13.2. The van der Waals surface area contributed by atoms with Crippen LogP contribution in [0.3, 0.4) is 0 Å². The van der Waals surface area contributed by atoms with E-state index in [1.54, 1.807) is 0 Å². The van der Waals surface area contributed by atoms with Gasteiger partial charge in [-0.25, -0.2) is 43.6 Å². The number of aliphatic hydroxyl groups excluding tert-OH is 4. The van der Waals surface area contributed by atoms with E-state index in [0.717, 1.165) is 19.0 Å². The van der Waals surface area contributed by atoms with E-state index in [4.69, 9.17) is 30.0 Å². The lowest BCUT2D eigenvalue weighted by atomic mass is 10.1. The second-order valence-electron chi connectivity index (χ2n) is 10.4. The summed E-state index contributed by atoms with van der Waals surface area (Å²) in [6, 6.07) is 0. The first-order valence-electron chi connectivity index (χ1n) is 13.6. The summed E-state index contributed by atoms with van der Waals surface area (Å²) in [7, 11) is -17.2. The number of ether oxygens (including phenoxy) is 2. The molecule has 6 rings (SSSR count). The fraction of sp³-hybridized carbons (Fsp3) is 0.500. The average Bonchev–Trinajstić information content (AvgIpc) is 3.77. The number of rotatable bonds is 12. The van der Waals surface area contributed by atoms with Crippen LogP contribution >= 0.6 is 23.5 Å². The van der Waals surface area contributed by atoms with E-state index in [9.17, 15) is 48.8 Å². The number of nitrogen functional groups attached to an aromatic ring is 2. The van der Waals surface area contributed by atoms with Crippen molar-refractivity contribution in [3.8, 4) is 0 Å². The minimum atomic E-state index is -5.78. The first-order chi connectivity index (χ1) is 23.0. The number of nitrogens with two attached hydrogens (primary N) is 2. The predicted molar refractivity (Wildman–Crippen MR) is 155 cm³/mol. The van der Waals surface area contributed by atoms with E-state index in [0.29, 0.717) is 0 Å².